The second-order valence-corrected chi connectivity index (χ2v) is 3.73. The van der Waals surface area contributed by atoms with E-state index >= 15 is 0 Å². The molecule has 0 saturated heterocycles. The Bertz CT molecular complexity index is 375. The number of hydrogen-bond donors (Lipinski definition) is 1. The molecule has 0 fully saturated rings. The monoisotopic (exact) mass is 227 g/mol. The Labute approximate surface area is 93.5 Å². The van der Waals surface area contributed by atoms with E-state index in [1.165, 1.54) is 6.07 Å². The molecule has 4 heteroatoms. The molecule has 1 unspecified atom stereocenters. The van der Waals surface area contributed by atoms with Crippen molar-refractivity contribution in [1.82, 2.24) is 0 Å². The maximum Gasteiger partial charge on any atom is 0.159 e. The molecule has 2 nitrogen and oxygen atoms in total. The number of nitrogens with two attached hydrogens (primary N) is 1. The molecule has 0 amide bonds. The molecule has 1 rings (SSSR count). The normalized spacial score (nSPS) is 12.5. The van der Waals surface area contributed by atoms with Crippen LogP contribution in [0.4, 0.5) is 8.78 Å². The predicted molar refractivity (Wildman–Crippen MR) is 57.9 cm³/mol. The lowest BCUT2D eigenvalue weighted by atomic mass is 9.96. The van der Waals surface area contributed by atoms with E-state index < -0.39 is 11.6 Å². The molecule has 0 aliphatic heterocycles. The Hall–Kier alpha value is -1.29. The molecule has 2 N–H and O–H groups in total. The molecule has 1 aromatic carbocycles. The summed E-state index contributed by atoms with van der Waals surface area (Å²) in [6.45, 7) is 2.17. The maximum atomic E-state index is 12.9. The van der Waals surface area contributed by atoms with Crippen LogP contribution in [0.2, 0.25) is 0 Å². The molecule has 16 heavy (non-hydrogen) atoms. The van der Waals surface area contributed by atoms with Gasteiger partial charge in [-0.05, 0) is 24.1 Å². The van der Waals surface area contributed by atoms with Gasteiger partial charge in [-0.25, -0.2) is 8.78 Å². The topological polar surface area (TPSA) is 43.1 Å². The zero-order chi connectivity index (χ0) is 12.1. The molecular formula is C12H15F2NO. The largest absolute Gasteiger partial charge is 0.330 e. The Balaban J connectivity index is 2.73. The number of benzene rings is 1. The molecule has 0 aliphatic carbocycles. The minimum atomic E-state index is -0.925. The van der Waals surface area contributed by atoms with E-state index in [1.54, 1.807) is 0 Å². The van der Waals surface area contributed by atoms with Crippen LogP contribution < -0.4 is 5.73 Å². The first kappa shape index (κ1) is 12.8. The van der Waals surface area contributed by atoms with Crippen molar-refractivity contribution in [2.75, 3.05) is 6.54 Å². The van der Waals surface area contributed by atoms with Crippen LogP contribution in [0.25, 0.3) is 0 Å². The lowest BCUT2D eigenvalue weighted by Gasteiger charge is -2.10. The Morgan fingerprint density at radius 3 is 2.56 bits per heavy atom. The summed E-state index contributed by atoms with van der Waals surface area (Å²) in [5, 5.41) is 0. The zero-order valence-electron chi connectivity index (χ0n) is 9.17. The minimum Gasteiger partial charge on any atom is -0.330 e. The second-order valence-electron chi connectivity index (χ2n) is 3.73. The maximum absolute atomic E-state index is 12.9. The number of carbonyl (C=O) groups is 1. The number of rotatable bonds is 5. The number of carbonyl (C=O) groups excluding carboxylic acids is 1. The first-order valence-electron chi connectivity index (χ1n) is 5.25. The molecule has 0 heterocycles. The molecule has 0 bridgehead atoms. The first-order chi connectivity index (χ1) is 7.58. The van der Waals surface area contributed by atoms with Gasteiger partial charge in [0.25, 0.3) is 0 Å². The van der Waals surface area contributed by atoms with E-state index in [0.717, 1.165) is 12.1 Å². The summed E-state index contributed by atoms with van der Waals surface area (Å²) in [7, 11) is 0. The third-order valence-electron chi connectivity index (χ3n) is 2.60. The van der Waals surface area contributed by atoms with Crippen molar-refractivity contribution in [3.8, 4) is 0 Å². The lowest BCUT2D eigenvalue weighted by Crippen LogP contribution is -2.24. The van der Waals surface area contributed by atoms with Crippen LogP contribution in [-0.4, -0.2) is 12.3 Å². The van der Waals surface area contributed by atoms with E-state index in [2.05, 4.69) is 0 Å². The smallest absolute Gasteiger partial charge is 0.159 e. The van der Waals surface area contributed by atoms with Crippen molar-refractivity contribution in [2.45, 2.75) is 19.8 Å². The van der Waals surface area contributed by atoms with Gasteiger partial charge in [-0.2, -0.15) is 0 Å². The summed E-state index contributed by atoms with van der Waals surface area (Å²) in [4.78, 5) is 11.7. The van der Waals surface area contributed by atoms with E-state index in [0.29, 0.717) is 18.5 Å². The molecule has 0 radical (unpaired) electrons. The number of ketones is 1. The van der Waals surface area contributed by atoms with E-state index in [9.17, 15) is 13.6 Å². The third-order valence-corrected chi connectivity index (χ3v) is 2.60. The standard InChI is InChI=1S/C12H15F2NO/c1-2-9(7-15)12(16)6-8-3-4-10(13)11(14)5-8/h3-5,9H,2,6-7,15H2,1H3. The van der Waals surface area contributed by atoms with Crippen molar-refractivity contribution >= 4 is 5.78 Å². The van der Waals surface area contributed by atoms with E-state index in [-0.39, 0.29) is 18.1 Å². The van der Waals surface area contributed by atoms with Crippen molar-refractivity contribution in [3.63, 3.8) is 0 Å². The van der Waals surface area contributed by atoms with Gasteiger partial charge >= 0.3 is 0 Å². The molecule has 1 atom stereocenters. The Morgan fingerprint density at radius 2 is 2.06 bits per heavy atom. The highest BCUT2D eigenvalue weighted by Crippen LogP contribution is 2.12. The van der Waals surface area contributed by atoms with Crippen LogP contribution in [0.3, 0.4) is 0 Å². The van der Waals surface area contributed by atoms with Crippen LogP contribution in [0.15, 0.2) is 18.2 Å². The summed E-state index contributed by atoms with van der Waals surface area (Å²) in [5.74, 6) is -2.06. The van der Waals surface area contributed by atoms with Crippen LogP contribution in [0.1, 0.15) is 18.9 Å². The van der Waals surface area contributed by atoms with Crippen molar-refractivity contribution in [2.24, 2.45) is 11.7 Å². The van der Waals surface area contributed by atoms with E-state index in [4.69, 9.17) is 5.73 Å². The fourth-order valence-corrected chi connectivity index (χ4v) is 1.52. The average Bonchev–Trinajstić information content (AvgIpc) is 2.25. The van der Waals surface area contributed by atoms with Gasteiger partial charge < -0.3 is 5.73 Å². The molecule has 88 valence electrons. The van der Waals surface area contributed by atoms with Gasteiger partial charge in [0.05, 0.1) is 0 Å². The summed E-state index contributed by atoms with van der Waals surface area (Å²) < 4.78 is 25.5. The first-order valence-corrected chi connectivity index (χ1v) is 5.25. The minimum absolute atomic E-state index is 0.0315. The second kappa shape index (κ2) is 5.70. The van der Waals surface area contributed by atoms with Gasteiger partial charge in [0.15, 0.2) is 11.6 Å². The quantitative estimate of drug-likeness (QED) is 0.836. The highest BCUT2D eigenvalue weighted by Gasteiger charge is 2.15. The fraction of sp³-hybridized carbons (Fsp3) is 0.417. The number of Topliss-reactive ketones (excluding diaryl/α,β-unsaturated/α-hetero) is 1. The van der Waals surface area contributed by atoms with E-state index in [1.807, 2.05) is 6.92 Å². The third kappa shape index (κ3) is 3.10. The number of halogens is 2. The molecule has 0 spiro atoms. The molecule has 1 aromatic rings. The van der Waals surface area contributed by atoms with Crippen LogP contribution in [-0.2, 0) is 11.2 Å². The highest BCUT2D eigenvalue weighted by molar-refractivity contribution is 5.83. The fourth-order valence-electron chi connectivity index (χ4n) is 1.52. The molecule has 0 aliphatic rings. The van der Waals surface area contributed by atoms with Gasteiger partial charge in [-0.3, -0.25) is 4.79 Å². The van der Waals surface area contributed by atoms with Gasteiger partial charge in [0, 0.05) is 18.9 Å². The van der Waals surface area contributed by atoms with Gasteiger partial charge in [0.1, 0.15) is 5.78 Å². The van der Waals surface area contributed by atoms with Crippen molar-refractivity contribution < 1.29 is 13.6 Å². The molecule has 0 saturated carbocycles. The predicted octanol–water partition coefficient (Wildman–Crippen LogP) is 2.06. The number of hydrogen-bond acceptors (Lipinski definition) is 2. The summed E-state index contributed by atoms with van der Waals surface area (Å²) >= 11 is 0. The van der Waals surface area contributed by atoms with Crippen molar-refractivity contribution in [3.05, 3.63) is 35.4 Å². The van der Waals surface area contributed by atoms with Crippen LogP contribution in [0, 0.1) is 17.6 Å². The van der Waals surface area contributed by atoms with Crippen LogP contribution >= 0.6 is 0 Å². The molecular weight excluding hydrogens is 212 g/mol. The summed E-state index contributed by atoms with van der Waals surface area (Å²) in [6, 6.07) is 3.50. The summed E-state index contributed by atoms with van der Waals surface area (Å²) in [6.07, 6.45) is 0.770. The lowest BCUT2D eigenvalue weighted by molar-refractivity contribution is -0.122. The SMILES string of the molecule is CCC(CN)C(=O)Cc1ccc(F)c(F)c1. The van der Waals surface area contributed by atoms with Crippen LogP contribution in [0.5, 0.6) is 0 Å². The van der Waals surface area contributed by atoms with Gasteiger partial charge in [-0.15, -0.1) is 0 Å². The van der Waals surface area contributed by atoms with Gasteiger partial charge in [0.2, 0.25) is 0 Å². The Morgan fingerprint density at radius 1 is 1.38 bits per heavy atom. The summed E-state index contributed by atoms with van der Waals surface area (Å²) in [5.41, 5.74) is 5.92. The highest BCUT2D eigenvalue weighted by atomic mass is 19.2. The Kier molecular flexibility index (Phi) is 4.55. The van der Waals surface area contributed by atoms with Gasteiger partial charge in [-0.1, -0.05) is 13.0 Å². The molecule has 0 aromatic heterocycles. The average molecular weight is 227 g/mol. The zero-order valence-corrected chi connectivity index (χ0v) is 9.17. The van der Waals surface area contributed by atoms with Crippen molar-refractivity contribution in [1.29, 1.82) is 0 Å².